The molecule has 0 amide bonds. The predicted molar refractivity (Wildman–Crippen MR) is 80.0 cm³/mol. The lowest BCUT2D eigenvalue weighted by atomic mass is 10.2. The topological polar surface area (TPSA) is 41.6 Å². The number of rotatable bonds is 2. The molecule has 0 saturated heterocycles. The van der Waals surface area contributed by atoms with Gasteiger partial charge in [-0.2, -0.15) is 5.26 Å². The molecule has 0 aliphatic rings. The molecule has 0 radical (unpaired) electrons. The number of hydrogen-bond donors (Lipinski definition) is 0. The summed E-state index contributed by atoms with van der Waals surface area (Å²) in [6.45, 7) is 1.71. The maximum atomic E-state index is 13.5. The minimum atomic E-state index is -0.256. The van der Waals surface area contributed by atoms with E-state index in [0.29, 0.717) is 17.0 Å². The quantitative estimate of drug-likeness (QED) is 0.669. The Kier molecular flexibility index (Phi) is 3.36. The van der Waals surface area contributed by atoms with Crippen LogP contribution in [-0.2, 0) is 5.88 Å². The summed E-state index contributed by atoms with van der Waals surface area (Å²) in [6, 6.07) is 12.2. The summed E-state index contributed by atoms with van der Waals surface area (Å²) in [5.74, 6) is 0.633. The maximum Gasteiger partial charge on any atom is 0.129 e. The van der Waals surface area contributed by atoms with Crippen molar-refractivity contribution < 1.29 is 4.39 Å². The van der Waals surface area contributed by atoms with Gasteiger partial charge in [-0.3, -0.25) is 4.57 Å². The van der Waals surface area contributed by atoms with Crippen molar-refractivity contribution >= 4 is 22.6 Å². The molecule has 3 rings (SSSR count). The fourth-order valence-electron chi connectivity index (χ4n) is 2.34. The van der Waals surface area contributed by atoms with Crippen LogP contribution >= 0.6 is 11.6 Å². The summed E-state index contributed by atoms with van der Waals surface area (Å²) in [4.78, 5) is 4.46. The van der Waals surface area contributed by atoms with Crippen molar-refractivity contribution in [2.24, 2.45) is 0 Å². The Hall–Kier alpha value is -2.38. The van der Waals surface area contributed by atoms with Crippen LogP contribution < -0.4 is 0 Å². The van der Waals surface area contributed by atoms with Crippen LogP contribution in [0.4, 0.5) is 4.39 Å². The van der Waals surface area contributed by atoms with Gasteiger partial charge in [0.15, 0.2) is 0 Å². The Bertz CT molecular complexity index is 877. The monoisotopic (exact) mass is 299 g/mol. The first-order valence-electron chi connectivity index (χ1n) is 6.38. The smallest absolute Gasteiger partial charge is 0.129 e. The van der Waals surface area contributed by atoms with Crippen molar-refractivity contribution in [1.82, 2.24) is 9.55 Å². The minimum absolute atomic E-state index is 0.229. The van der Waals surface area contributed by atoms with Gasteiger partial charge in [0.2, 0.25) is 0 Å². The van der Waals surface area contributed by atoms with Crippen molar-refractivity contribution in [3.8, 4) is 11.8 Å². The zero-order chi connectivity index (χ0) is 15.0. The fraction of sp³-hybridized carbons (Fsp3) is 0.125. The zero-order valence-electron chi connectivity index (χ0n) is 11.3. The van der Waals surface area contributed by atoms with E-state index < -0.39 is 0 Å². The lowest BCUT2D eigenvalue weighted by Gasteiger charge is -2.09. The first kappa shape index (κ1) is 13.6. The standard InChI is InChI=1S/C16H11ClFN3/c1-10-6-12(3-4-13(10)18)21-15-7-11(9-19)2-5-14(15)20-16(21)8-17/h2-7H,8H2,1H3. The van der Waals surface area contributed by atoms with E-state index >= 15 is 0 Å². The van der Waals surface area contributed by atoms with Crippen LogP contribution in [-0.4, -0.2) is 9.55 Å². The van der Waals surface area contributed by atoms with Gasteiger partial charge in [-0.1, -0.05) is 0 Å². The second-order valence-electron chi connectivity index (χ2n) is 4.75. The summed E-state index contributed by atoms with van der Waals surface area (Å²) in [7, 11) is 0. The Morgan fingerprint density at radius 2 is 2.10 bits per heavy atom. The molecule has 21 heavy (non-hydrogen) atoms. The van der Waals surface area contributed by atoms with Gasteiger partial charge in [0.05, 0.1) is 28.5 Å². The van der Waals surface area contributed by atoms with Crippen LogP contribution in [0, 0.1) is 24.1 Å². The number of hydrogen-bond acceptors (Lipinski definition) is 2. The molecule has 5 heteroatoms. The highest BCUT2D eigenvalue weighted by molar-refractivity contribution is 6.17. The number of nitrogens with zero attached hydrogens (tertiary/aromatic N) is 3. The van der Waals surface area contributed by atoms with E-state index in [4.69, 9.17) is 16.9 Å². The van der Waals surface area contributed by atoms with Crippen LogP contribution in [0.2, 0.25) is 0 Å². The SMILES string of the molecule is Cc1cc(-n2c(CCl)nc3ccc(C#N)cc32)ccc1F. The molecular formula is C16H11ClFN3. The van der Waals surface area contributed by atoms with E-state index in [1.54, 1.807) is 37.3 Å². The van der Waals surface area contributed by atoms with Gasteiger partial charge in [-0.25, -0.2) is 9.37 Å². The van der Waals surface area contributed by atoms with Crippen LogP contribution in [0.15, 0.2) is 36.4 Å². The summed E-state index contributed by atoms with van der Waals surface area (Å²) in [6.07, 6.45) is 0. The first-order chi connectivity index (χ1) is 10.1. The second kappa shape index (κ2) is 5.19. The van der Waals surface area contributed by atoms with Gasteiger partial charge in [0, 0.05) is 5.69 Å². The van der Waals surface area contributed by atoms with Crippen molar-refractivity contribution in [2.75, 3.05) is 0 Å². The van der Waals surface area contributed by atoms with Gasteiger partial charge in [-0.15, -0.1) is 11.6 Å². The number of halogens is 2. The van der Waals surface area contributed by atoms with E-state index in [2.05, 4.69) is 11.1 Å². The Labute approximate surface area is 126 Å². The van der Waals surface area contributed by atoms with Gasteiger partial charge in [0.25, 0.3) is 0 Å². The fourth-order valence-corrected chi connectivity index (χ4v) is 2.52. The van der Waals surface area contributed by atoms with Crippen molar-refractivity contribution in [3.63, 3.8) is 0 Å². The summed E-state index contributed by atoms with van der Waals surface area (Å²) < 4.78 is 15.3. The third-order valence-corrected chi connectivity index (χ3v) is 3.61. The average molecular weight is 300 g/mol. The molecule has 0 bridgehead atoms. The lowest BCUT2D eigenvalue weighted by Crippen LogP contribution is -2.00. The molecular weight excluding hydrogens is 289 g/mol. The van der Waals surface area contributed by atoms with E-state index in [1.807, 2.05) is 4.57 Å². The molecule has 2 aromatic carbocycles. The number of aryl methyl sites for hydroxylation is 1. The second-order valence-corrected chi connectivity index (χ2v) is 5.01. The number of alkyl halides is 1. The minimum Gasteiger partial charge on any atom is -0.295 e. The number of benzene rings is 2. The van der Waals surface area contributed by atoms with Gasteiger partial charge in [0.1, 0.15) is 11.6 Å². The van der Waals surface area contributed by atoms with Crippen molar-refractivity contribution in [1.29, 1.82) is 5.26 Å². The molecule has 0 spiro atoms. The number of nitriles is 1. The Morgan fingerprint density at radius 1 is 1.29 bits per heavy atom. The van der Waals surface area contributed by atoms with E-state index in [1.165, 1.54) is 6.07 Å². The van der Waals surface area contributed by atoms with E-state index in [-0.39, 0.29) is 11.7 Å². The molecule has 1 heterocycles. The highest BCUT2D eigenvalue weighted by Gasteiger charge is 2.13. The molecule has 0 saturated carbocycles. The third-order valence-electron chi connectivity index (χ3n) is 3.37. The highest BCUT2D eigenvalue weighted by atomic mass is 35.5. The van der Waals surface area contributed by atoms with Crippen molar-refractivity contribution in [3.05, 3.63) is 59.2 Å². The van der Waals surface area contributed by atoms with Gasteiger partial charge >= 0.3 is 0 Å². The third kappa shape index (κ3) is 2.26. The molecule has 0 aliphatic heterocycles. The Morgan fingerprint density at radius 3 is 2.76 bits per heavy atom. The zero-order valence-corrected chi connectivity index (χ0v) is 12.0. The van der Waals surface area contributed by atoms with E-state index in [9.17, 15) is 4.39 Å². The molecule has 104 valence electrons. The molecule has 0 aliphatic carbocycles. The van der Waals surface area contributed by atoms with Crippen LogP contribution in [0.5, 0.6) is 0 Å². The van der Waals surface area contributed by atoms with Crippen molar-refractivity contribution in [2.45, 2.75) is 12.8 Å². The van der Waals surface area contributed by atoms with Gasteiger partial charge < -0.3 is 0 Å². The normalized spacial score (nSPS) is 10.8. The van der Waals surface area contributed by atoms with E-state index in [0.717, 1.165) is 16.7 Å². The highest BCUT2D eigenvalue weighted by Crippen LogP contribution is 2.25. The van der Waals surface area contributed by atoms with Gasteiger partial charge in [-0.05, 0) is 48.9 Å². The molecule has 0 N–H and O–H groups in total. The van der Waals surface area contributed by atoms with Crippen LogP contribution in [0.3, 0.4) is 0 Å². The average Bonchev–Trinajstić information content (AvgIpc) is 2.87. The molecule has 3 nitrogen and oxygen atoms in total. The number of aromatic nitrogens is 2. The van der Waals surface area contributed by atoms with Crippen LogP contribution in [0.25, 0.3) is 16.7 Å². The van der Waals surface area contributed by atoms with Crippen LogP contribution in [0.1, 0.15) is 17.0 Å². The molecule has 1 aromatic heterocycles. The Balaban J connectivity index is 2.33. The first-order valence-corrected chi connectivity index (χ1v) is 6.91. The number of fused-ring (bicyclic) bond motifs is 1. The molecule has 0 unspecified atom stereocenters. The maximum absolute atomic E-state index is 13.5. The molecule has 3 aromatic rings. The summed E-state index contributed by atoms with van der Waals surface area (Å²) >= 11 is 5.98. The summed E-state index contributed by atoms with van der Waals surface area (Å²) in [5.41, 5.74) is 3.42. The molecule has 0 atom stereocenters. The molecule has 0 fully saturated rings. The summed E-state index contributed by atoms with van der Waals surface area (Å²) in [5, 5.41) is 9.05. The predicted octanol–water partition coefficient (Wildman–Crippen LogP) is 4.08. The number of imidazole rings is 1. The lowest BCUT2D eigenvalue weighted by molar-refractivity contribution is 0.618. The largest absolute Gasteiger partial charge is 0.295 e.